The van der Waals surface area contributed by atoms with Crippen molar-refractivity contribution in [1.29, 1.82) is 0 Å². The van der Waals surface area contributed by atoms with Gasteiger partial charge in [-0.15, -0.1) is 0 Å². The summed E-state index contributed by atoms with van der Waals surface area (Å²) in [4.78, 5) is 29.5. The maximum atomic E-state index is 12.5. The highest BCUT2D eigenvalue weighted by molar-refractivity contribution is 5.76. The summed E-state index contributed by atoms with van der Waals surface area (Å²) in [5.74, 6) is 0.105. The van der Waals surface area contributed by atoms with Crippen LogP contribution in [-0.2, 0) is 17.9 Å². The van der Waals surface area contributed by atoms with Crippen LogP contribution >= 0.6 is 0 Å². The lowest BCUT2D eigenvalue weighted by Crippen LogP contribution is -2.33. The molecule has 2 aromatic carbocycles. The van der Waals surface area contributed by atoms with Gasteiger partial charge in [-0.3, -0.25) is 14.2 Å². The van der Waals surface area contributed by atoms with Crippen molar-refractivity contribution in [3.8, 4) is 0 Å². The first-order chi connectivity index (χ1) is 13.8. The van der Waals surface area contributed by atoms with Gasteiger partial charge in [-0.1, -0.05) is 35.9 Å². The second-order valence-electron chi connectivity index (χ2n) is 7.41. The molecule has 1 heterocycles. The quantitative estimate of drug-likeness (QED) is 0.675. The molecule has 6 nitrogen and oxygen atoms in total. The number of amides is 1. The van der Waals surface area contributed by atoms with Crippen molar-refractivity contribution >= 4 is 17.5 Å². The number of nitrogens with one attached hydrogen (secondary N) is 2. The third kappa shape index (κ3) is 5.54. The van der Waals surface area contributed by atoms with Gasteiger partial charge < -0.3 is 10.6 Å². The number of aromatic nitrogens is 2. The van der Waals surface area contributed by atoms with E-state index < -0.39 is 0 Å². The Morgan fingerprint density at radius 1 is 0.966 bits per heavy atom. The van der Waals surface area contributed by atoms with Gasteiger partial charge in [-0.2, -0.15) is 0 Å². The fourth-order valence-electron chi connectivity index (χ4n) is 3.27. The van der Waals surface area contributed by atoms with Gasteiger partial charge >= 0.3 is 0 Å². The number of carbonyl (C=O) groups excluding carboxylic acids is 1. The molecule has 1 amide bonds. The summed E-state index contributed by atoms with van der Waals surface area (Å²) in [6.45, 7) is 8.09. The fourth-order valence-corrected chi connectivity index (χ4v) is 3.27. The Bertz CT molecular complexity index is 1080. The predicted molar refractivity (Wildman–Crippen MR) is 115 cm³/mol. The molecule has 0 unspecified atom stereocenters. The molecule has 0 saturated heterocycles. The van der Waals surface area contributed by atoms with E-state index in [0.717, 1.165) is 27.9 Å². The number of anilines is 2. The molecule has 0 radical (unpaired) electrons. The van der Waals surface area contributed by atoms with Crippen molar-refractivity contribution in [2.75, 3.05) is 5.32 Å². The van der Waals surface area contributed by atoms with Crippen LogP contribution in [0.15, 0.2) is 53.3 Å². The Balaban J connectivity index is 1.79. The monoisotopic (exact) mass is 390 g/mol. The van der Waals surface area contributed by atoms with E-state index in [1.54, 1.807) is 6.92 Å². The van der Waals surface area contributed by atoms with E-state index in [2.05, 4.69) is 21.7 Å². The Morgan fingerprint density at radius 2 is 1.69 bits per heavy atom. The second kappa shape index (κ2) is 8.73. The van der Waals surface area contributed by atoms with Crippen molar-refractivity contribution in [3.05, 3.63) is 86.8 Å². The SMILES string of the molecule is Cc1cccc(CNC(=O)Cn2c(Nc3cc(C)cc(C)c3)nc(C)cc2=O)c1. The van der Waals surface area contributed by atoms with E-state index in [-0.39, 0.29) is 18.0 Å². The highest BCUT2D eigenvalue weighted by Gasteiger charge is 2.12. The summed E-state index contributed by atoms with van der Waals surface area (Å²) in [6, 6.07) is 15.4. The van der Waals surface area contributed by atoms with Gasteiger partial charge in [0.05, 0.1) is 0 Å². The fraction of sp³-hybridized carbons (Fsp3) is 0.261. The lowest BCUT2D eigenvalue weighted by Gasteiger charge is -2.15. The molecule has 0 saturated carbocycles. The Kier molecular flexibility index (Phi) is 6.12. The number of rotatable bonds is 6. The first-order valence-corrected chi connectivity index (χ1v) is 9.56. The van der Waals surface area contributed by atoms with Gasteiger partial charge in [0, 0.05) is 24.0 Å². The summed E-state index contributed by atoms with van der Waals surface area (Å²) in [5, 5.41) is 6.07. The van der Waals surface area contributed by atoms with Crippen LogP contribution in [0.1, 0.15) is 27.9 Å². The Labute approximate surface area is 170 Å². The van der Waals surface area contributed by atoms with Crippen LogP contribution < -0.4 is 16.2 Å². The topological polar surface area (TPSA) is 76.0 Å². The Morgan fingerprint density at radius 3 is 2.38 bits per heavy atom. The molecule has 6 heteroatoms. The molecule has 0 atom stereocenters. The zero-order valence-electron chi connectivity index (χ0n) is 17.2. The molecule has 0 aliphatic carbocycles. The minimum absolute atomic E-state index is 0.106. The lowest BCUT2D eigenvalue weighted by atomic mass is 10.1. The van der Waals surface area contributed by atoms with E-state index in [0.29, 0.717) is 18.2 Å². The third-order valence-electron chi connectivity index (χ3n) is 4.49. The zero-order valence-corrected chi connectivity index (χ0v) is 17.2. The van der Waals surface area contributed by atoms with Crippen LogP contribution in [0, 0.1) is 27.7 Å². The van der Waals surface area contributed by atoms with Crippen molar-refractivity contribution in [1.82, 2.24) is 14.9 Å². The number of benzene rings is 2. The van der Waals surface area contributed by atoms with Gasteiger partial charge in [-0.05, 0) is 56.5 Å². The minimum atomic E-state index is -0.268. The van der Waals surface area contributed by atoms with E-state index >= 15 is 0 Å². The number of hydrogen-bond donors (Lipinski definition) is 2. The molecule has 3 aromatic rings. The predicted octanol–water partition coefficient (Wildman–Crippen LogP) is 3.54. The van der Waals surface area contributed by atoms with Crippen molar-refractivity contribution < 1.29 is 4.79 Å². The Hall–Kier alpha value is -3.41. The van der Waals surface area contributed by atoms with Crippen LogP contribution in [0.25, 0.3) is 0 Å². The average molecular weight is 390 g/mol. The lowest BCUT2D eigenvalue weighted by molar-refractivity contribution is -0.121. The molecule has 2 N–H and O–H groups in total. The summed E-state index contributed by atoms with van der Waals surface area (Å²) >= 11 is 0. The molecule has 0 spiro atoms. The van der Waals surface area contributed by atoms with Gasteiger partial charge in [0.1, 0.15) is 6.54 Å². The minimum Gasteiger partial charge on any atom is -0.350 e. The van der Waals surface area contributed by atoms with Crippen molar-refractivity contribution in [2.24, 2.45) is 0 Å². The van der Waals surface area contributed by atoms with Gasteiger partial charge in [-0.25, -0.2) is 4.98 Å². The third-order valence-corrected chi connectivity index (χ3v) is 4.49. The van der Waals surface area contributed by atoms with Crippen LogP contribution in [0.2, 0.25) is 0 Å². The van der Waals surface area contributed by atoms with Crippen LogP contribution in [-0.4, -0.2) is 15.5 Å². The standard InChI is InChI=1S/C23H26N4O2/c1-15-6-5-7-19(9-15)13-24-21(28)14-27-22(29)12-18(4)25-23(27)26-20-10-16(2)8-17(3)11-20/h5-12H,13-14H2,1-4H3,(H,24,28)(H,25,26). The van der Waals surface area contributed by atoms with E-state index in [4.69, 9.17) is 0 Å². The number of nitrogens with zero attached hydrogens (tertiary/aromatic N) is 2. The summed E-state index contributed by atoms with van der Waals surface area (Å²) in [5.41, 5.74) is 5.51. The second-order valence-corrected chi connectivity index (χ2v) is 7.41. The van der Waals surface area contributed by atoms with Crippen molar-refractivity contribution in [3.63, 3.8) is 0 Å². The van der Waals surface area contributed by atoms with E-state index in [1.807, 2.05) is 57.2 Å². The number of hydrogen-bond acceptors (Lipinski definition) is 4. The smallest absolute Gasteiger partial charge is 0.255 e. The van der Waals surface area contributed by atoms with E-state index in [1.165, 1.54) is 10.6 Å². The molecule has 0 aliphatic heterocycles. The maximum Gasteiger partial charge on any atom is 0.255 e. The molecule has 29 heavy (non-hydrogen) atoms. The van der Waals surface area contributed by atoms with E-state index in [9.17, 15) is 9.59 Å². The highest BCUT2D eigenvalue weighted by Crippen LogP contribution is 2.18. The van der Waals surface area contributed by atoms with Crippen LogP contribution in [0.4, 0.5) is 11.6 Å². The molecular formula is C23H26N4O2. The van der Waals surface area contributed by atoms with Gasteiger partial charge in [0.2, 0.25) is 11.9 Å². The molecular weight excluding hydrogens is 364 g/mol. The van der Waals surface area contributed by atoms with Crippen LogP contribution in [0.3, 0.4) is 0 Å². The molecule has 0 aliphatic rings. The van der Waals surface area contributed by atoms with Crippen LogP contribution in [0.5, 0.6) is 0 Å². The summed E-state index contributed by atoms with van der Waals surface area (Å²) < 4.78 is 1.36. The summed E-state index contributed by atoms with van der Waals surface area (Å²) in [6.07, 6.45) is 0. The molecule has 3 rings (SSSR count). The zero-order chi connectivity index (χ0) is 21.0. The first kappa shape index (κ1) is 20.3. The molecule has 1 aromatic heterocycles. The summed E-state index contributed by atoms with van der Waals surface area (Å²) in [7, 11) is 0. The first-order valence-electron chi connectivity index (χ1n) is 9.56. The van der Waals surface area contributed by atoms with Gasteiger partial charge in [0.15, 0.2) is 0 Å². The largest absolute Gasteiger partial charge is 0.350 e. The average Bonchev–Trinajstić information content (AvgIpc) is 2.62. The number of carbonyl (C=O) groups is 1. The number of aryl methyl sites for hydroxylation is 4. The normalized spacial score (nSPS) is 10.6. The maximum absolute atomic E-state index is 12.5. The van der Waals surface area contributed by atoms with Crippen molar-refractivity contribution in [2.45, 2.75) is 40.8 Å². The molecule has 150 valence electrons. The highest BCUT2D eigenvalue weighted by atomic mass is 16.2. The molecule has 0 bridgehead atoms. The molecule has 0 fully saturated rings. The van der Waals surface area contributed by atoms with Gasteiger partial charge in [0.25, 0.3) is 5.56 Å².